The van der Waals surface area contributed by atoms with Crippen LogP contribution >= 0.6 is 21.0 Å². The maximum atomic E-state index is 7.37. The van der Waals surface area contributed by atoms with Crippen LogP contribution in [0.4, 0.5) is 0 Å². The van der Waals surface area contributed by atoms with Crippen molar-refractivity contribution < 1.29 is 4.74 Å². The van der Waals surface area contributed by atoms with Crippen molar-refractivity contribution in [1.82, 2.24) is 29.9 Å². The van der Waals surface area contributed by atoms with Crippen LogP contribution in [0.25, 0.3) is 79.5 Å². The van der Waals surface area contributed by atoms with Crippen molar-refractivity contribution in [3.63, 3.8) is 0 Å². The van der Waals surface area contributed by atoms with E-state index in [1.807, 2.05) is 121 Å². The van der Waals surface area contributed by atoms with E-state index in [1.165, 1.54) is 0 Å². The fourth-order valence-electron chi connectivity index (χ4n) is 8.08. The number of ether oxygens (including phenoxy) is 1. The highest BCUT2D eigenvalue weighted by Gasteiger charge is 2.39. The SMILES string of the molecule is C=S(C)c1cc(-c2cccc(-c3nc(-c4ccccc4)nc(-c4ccccc4)n3)c2)c2c(c1)C(C)(C)c1cc(S(=C)C)cc(-c3nc(-c4ccccc4)nc(-c4ccccc4)n3)c1O2. The largest absolute Gasteiger partial charge is 0.455 e. The van der Waals surface area contributed by atoms with Gasteiger partial charge in [-0.3, -0.25) is 0 Å². The Labute approximate surface area is 378 Å². The van der Waals surface area contributed by atoms with Gasteiger partial charge in [0, 0.05) is 59.7 Å². The van der Waals surface area contributed by atoms with Crippen LogP contribution < -0.4 is 4.74 Å². The lowest BCUT2D eigenvalue weighted by atomic mass is 9.74. The summed E-state index contributed by atoms with van der Waals surface area (Å²) in [5.41, 5.74) is 8.80. The topological polar surface area (TPSA) is 86.6 Å². The van der Waals surface area contributed by atoms with Gasteiger partial charge in [0.2, 0.25) is 0 Å². The molecule has 9 heteroatoms. The van der Waals surface area contributed by atoms with Crippen LogP contribution in [0.5, 0.6) is 11.5 Å². The van der Waals surface area contributed by atoms with Crippen molar-refractivity contribution >= 4 is 32.7 Å². The van der Waals surface area contributed by atoms with E-state index >= 15 is 0 Å². The quantitative estimate of drug-likeness (QED) is 0.134. The normalized spacial score (nSPS) is 13.6. The van der Waals surface area contributed by atoms with Crippen LogP contribution in [0, 0.1) is 0 Å². The Kier molecular flexibility index (Phi) is 10.7. The molecule has 0 fully saturated rings. The second-order valence-corrected chi connectivity index (χ2v) is 19.8. The molecule has 7 aromatic carbocycles. The van der Waals surface area contributed by atoms with Gasteiger partial charge in [-0.25, -0.2) is 29.9 Å². The number of benzene rings is 7. The van der Waals surface area contributed by atoms with Gasteiger partial charge in [0.1, 0.15) is 11.5 Å². The van der Waals surface area contributed by atoms with Crippen LogP contribution in [0.15, 0.2) is 180 Å². The third kappa shape index (κ3) is 7.78. The molecule has 2 unspecified atom stereocenters. The number of fused-ring (bicyclic) bond motifs is 2. The minimum atomic E-state index is -0.504. The molecule has 2 aromatic heterocycles. The van der Waals surface area contributed by atoms with Crippen molar-refractivity contribution in [2.45, 2.75) is 29.1 Å². The van der Waals surface area contributed by atoms with E-state index in [0.29, 0.717) is 40.7 Å². The van der Waals surface area contributed by atoms with Gasteiger partial charge in [0.05, 0.1) is 5.56 Å². The van der Waals surface area contributed by atoms with Gasteiger partial charge in [-0.2, -0.15) is 21.0 Å². The van der Waals surface area contributed by atoms with Crippen LogP contribution in [0.2, 0.25) is 0 Å². The number of rotatable bonds is 9. The van der Waals surface area contributed by atoms with E-state index in [0.717, 1.165) is 71.2 Å². The third-order valence-corrected chi connectivity index (χ3v) is 13.6. The van der Waals surface area contributed by atoms with Crippen molar-refractivity contribution in [2.24, 2.45) is 0 Å². The average molecular weight is 869 g/mol. The van der Waals surface area contributed by atoms with E-state index in [-0.39, 0.29) is 21.0 Å². The number of hydrogen-bond donors (Lipinski definition) is 0. The minimum Gasteiger partial charge on any atom is -0.455 e. The van der Waals surface area contributed by atoms with Crippen LogP contribution in [0.3, 0.4) is 0 Å². The van der Waals surface area contributed by atoms with E-state index < -0.39 is 5.41 Å². The molecule has 10 rings (SSSR count). The molecule has 2 atom stereocenters. The molecular formula is C55H44N6OS2. The summed E-state index contributed by atoms with van der Waals surface area (Å²) < 4.78 is 7.37. The lowest BCUT2D eigenvalue weighted by Crippen LogP contribution is -2.25. The fourth-order valence-corrected chi connectivity index (χ4v) is 9.35. The Balaban J connectivity index is 1.17. The molecule has 0 saturated carbocycles. The summed E-state index contributed by atoms with van der Waals surface area (Å²) in [4.78, 5) is 32.7. The van der Waals surface area contributed by atoms with Crippen molar-refractivity contribution in [3.8, 4) is 91.0 Å². The lowest BCUT2D eigenvalue weighted by Gasteiger charge is -2.37. The lowest BCUT2D eigenvalue weighted by molar-refractivity contribution is 0.419. The molecule has 0 saturated heterocycles. The number of nitrogens with zero attached hydrogens (tertiary/aromatic N) is 6. The number of aromatic nitrogens is 6. The van der Waals surface area contributed by atoms with Gasteiger partial charge >= 0.3 is 0 Å². The molecule has 7 nitrogen and oxygen atoms in total. The highest BCUT2D eigenvalue weighted by atomic mass is 32.2. The van der Waals surface area contributed by atoms with Gasteiger partial charge in [-0.1, -0.05) is 165 Å². The zero-order valence-corrected chi connectivity index (χ0v) is 37.6. The predicted octanol–water partition coefficient (Wildman–Crippen LogP) is 13.5. The second kappa shape index (κ2) is 16.8. The monoisotopic (exact) mass is 868 g/mol. The predicted molar refractivity (Wildman–Crippen MR) is 268 cm³/mol. The molecule has 0 N–H and O–H groups in total. The highest BCUT2D eigenvalue weighted by molar-refractivity contribution is 8.13. The van der Waals surface area contributed by atoms with Crippen LogP contribution in [-0.4, -0.2) is 54.2 Å². The molecule has 3 heterocycles. The Morgan fingerprint density at radius 3 is 1.11 bits per heavy atom. The summed E-state index contributed by atoms with van der Waals surface area (Å²) in [5.74, 6) is 14.0. The molecule has 64 heavy (non-hydrogen) atoms. The smallest absolute Gasteiger partial charge is 0.167 e. The maximum absolute atomic E-state index is 7.37. The molecule has 0 aliphatic carbocycles. The van der Waals surface area contributed by atoms with E-state index in [1.54, 1.807) is 0 Å². The Hall–Kier alpha value is -7.20. The van der Waals surface area contributed by atoms with E-state index in [2.05, 4.69) is 86.6 Å². The summed E-state index contributed by atoms with van der Waals surface area (Å²) in [6.07, 6.45) is 4.30. The Morgan fingerprint density at radius 2 is 0.703 bits per heavy atom. The average Bonchev–Trinajstić information content (AvgIpc) is 3.34. The fraction of sp³-hybridized carbons (Fsp3) is 0.0909. The highest BCUT2D eigenvalue weighted by Crippen LogP contribution is 2.56. The molecule has 312 valence electrons. The van der Waals surface area contributed by atoms with Gasteiger partial charge in [-0.05, 0) is 48.4 Å². The second-order valence-electron chi connectivity index (χ2n) is 16.4. The maximum Gasteiger partial charge on any atom is 0.167 e. The summed E-state index contributed by atoms with van der Waals surface area (Å²) in [6.45, 7) is 4.55. The molecule has 0 spiro atoms. The molecule has 1 aliphatic heterocycles. The Morgan fingerprint density at radius 1 is 0.375 bits per heavy atom. The minimum absolute atomic E-state index is 0.304. The van der Waals surface area contributed by atoms with Gasteiger partial charge < -0.3 is 4.74 Å². The standard InChI is InChI=1S/C55H44N6OS2/c1-55(2)45-33-41(63(3)4)31-43(39-28-19-29-40(30-39)53-58-49(35-20-11-7-12-21-35)56-50(59-53)36-22-13-8-14-23-36)47(45)62-48-44(32-42(64(5)6)34-46(48)55)54-60-51(37-24-15-9-16-25-37)57-52(61-54)38-26-17-10-18-27-38/h7-34H,3,5H2,1-2,4,6H3. The first kappa shape index (κ1) is 40.8. The van der Waals surface area contributed by atoms with E-state index in [9.17, 15) is 0 Å². The van der Waals surface area contributed by atoms with E-state index in [4.69, 9.17) is 34.6 Å². The summed E-state index contributed by atoms with van der Waals surface area (Å²) in [5, 5.41) is 0. The molecule has 0 radical (unpaired) electrons. The zero-order chi connectivity index (χ0) is 44.0. The molecule has 9 aromatic rings. The zero-order valence-electron chi connectivity index (χ0n) is 36.0. The van der Waals surface area contributed by atoms with Gasteiger partial charge in [0.15, 0.2) is 34.9 Å². The molecule has 1 aliphatic rings. The van der Waals surface area contributed by atoms with Crippen molar-refractivity contribution in [1.29, 1.82) is 0 Å². The van der Waals surface area contributed by atoms with Gasteiger partial charge in [0.25, 0.3) is 0 Å². The molecular weight excluding hydrogens is 825 g/mol. The number of hydrogen-bond acceptors (Lipinski definition) is 7. The first-order valence-electron chi connectivity index (χ1n) is 20.9. The third-order valence-electron chi connectivity index (χ3n) is 11.6. The van der Waals surface area contributed by atoms with Crippen LogP contribution in [0.1, 0.15) is 25.0 Å². The van der Waals surface area contributed by atoms with Gasteiger partial charge in [-0.15, -0.1) is 0 Å². The summed E-state index contributed by atoms with van der Waals surface area (Å²) in [6, 6.07) is 57.5. The van der Waals surface area contributed by atoms with Crippen molar-refractivity contribution in [3.05, 3.63) is 181 Å². The summed E-state index contributed by atoms with van der Waals surface area (Å²) >= 11 is 0. The molecule has 0 amide bonds. The molecule has 0 bridgehead atoms. The first-order valence-corrected chi connectivity index (χ1v) is 24.5. The van der Waals surface area contributed by atoms with Crippen LogP contribution in [-0.2, 0) is 5.41 Å². The van der Waals surface area contributed by atoms with Crippen molar-refractivity contribution in [2.75, 3.05) is 12.5 Å². The summed E-state index contributed by atoms with van der Waals surface area (Å²) in [7, 11) is -0.635. The first-order chi connectivity index (χ1) is 31.1. The Bertz CT molecular complexity index is 3150.